The molecular formula is C39H66N2O7. The molecule has 0 rings (SSSR count). The van der Waals surface area contributed by atoms with Gasteiger partial charge in [-0.2, -0.15) is 0 Å². The lowest BCUT2D eigenvalue weighted by molar-refractivity contribution is -0.147. The van der Waals surface area contributed by atoms with E-state index in [9.17, 15) is 19.2 Å². The Balaban J connectivity index is 4.07. The van der Waals surface area contributed by atoms with E-state index < -0.39 is 24.5 Å². The SMILES string of the molecule is CC/C=C\C/C=C\C/C=C\CCCCCCCCCC(=O)OC(/C=C\CCCC)CCCCCCC(=O)NCC(=O)NC(CO)C(=O)O. The number of carboxylic acids is 1. The lowest BCUT2D eigenvalue weighted by Crippen LogP contribution is -2.47. The van der Waals surface area contributed by atoms with Crippen molar-refractivity contribution in [3.63, 3.8) is 0 Å². The van der Waals surface area contributed by atoms with E-state index in [2.05, 4.69) is 67.0 Å². The number of allylic oxidation sites excluding steroid dienone is 7. The maximum atomic E-state index is 12.5. The second-order valence-electron chi connectivity index (χ2n) is 12.3. The molecule has 2 atom stereocenters. The van der Waals surface area contributed by atoms with Crippen molar-refractivity contribution in [2.45, 2.75) is 161 Å². The van der Waals surface area contributed by atoms with Gasteiger partial charge in [0.25, 0.3) is 0 Å². The summed E-state index contributed by atoms with van der Waals surface area (Å²) in [4.78, 5) is 47.1. The highest BCUT2D eigenvalue weighted by molar-refractivity contribution is 5.87. The quantitative estimate of drug-likeness (QED) is 0.0321. The molecular weight excluding hydrogens is 608 g/mol. The number of carboxylic acid groups (broad SMARTS) is 1. The van der Waals surface area contributed by atoms with E-state index in [1.807, 2.05) is 6.08 Å². The zero-order valence-electron chi connectivity index (χ0n) is 30.0. The molecule has 0 spiro atoms. The van der Waals surface area contributed by atoms with Crippen molar-refractivity contribution < 1.29 is 34.1 Å². The van der Waals surface area contributed by atoms with Crippen LogP contribution < -0.4 is 10.6 Å². The zero-order valence-corrected chi connectivity index (χ0v) is 30.0. The molecule has 2 amide bonds. The Morgan fingerprint density at radius 3 is 1.90 bits per heavy atom. The number of hydrogen-bond donors (Lipinski definition) is 4. The predicted molar refractivity (Wildman–Crippen MR) is 194 cm³/mol. The Bertz CT molecular complexity index is 958. The van der Waals surface area contributed by atoms with Gasteiger partial charge in [-0.3, -0.25) is 14.4 Å². The van der Waals surface area contributed by atoms with Crippen molar-refractivity contribution in [1.82, 2.24) is 10.6 Å². The molecule has 4 N–H and O–H groups in total. The molecule has 0 fully saturated rings. The lowest BCUT2D eigenvalue weighted by Gasteiger charge is -2.15. The summed E-state index contributed by atoms with van der Waals surface area (Å²) in [6, 6.07) is -1.39. The van der Waals surface area contributed by atoms with Gasteiger partial charge in [-0.25, -0.2) is 4.79 Å². The predicted octanol–water partition coefficient (Wildman–Crippen LogP) is 8.03. The van der Waals surface area contributed by atoms with Gasteiger partial charge in [0.05, 0.1) is 13.2 Å². The molecule has 0 aliphatic heterocycles. The third-order valence-electron chi connectivity index (χ3n) is 7.79. The molecule has 9 nitrogen and oxygen atoms in total. The number of aliphatic hydroxyl groups excluding tert-OH is 1. The van der Waals surface area contributed by atoms with Crippen LogP contribution in [0.15, 0.2) is 48.6 Å². The average molecular weight is 675 g/mol. The Hall–Kier alpha value is -3.20. The molecule has 2 unspecified atom stereocenters. The fourth-order valence-electron chi connectivity index (χ4n) is 4.92. The van der Waals surface area contributed by atoms with Crippen molar-refractivity contribution in [3.05, 3.63) is 48.6 Å². The van der Waals surface area contributed by atoms with E-state index in [-0.39, 0.29) is 30.9 Å². The van der Waals surface area contributed by atoms with Crippen molar-refractivity contribution in [2.75, 3.05) is 13.2 Å². The molecule has 0 aromatic carbocycles. The molecule has 0 heterocycles. The minimum Gasteiger partial charge on any atom is -0.480 e. The first-order chi connectivity index (χ1) is 23.3. The molecule has 274 valence electrons. The topological polar surface area (TPSA) is 142 Å². The van der Waals surface area contributed by atoms with Gasteiger partial charge in [-0.1, -0.05) is 114 Å². The Kier molecular flexibility index (Phi) is 31.4. The van der Waals surface area contributed by atoms with Crippen LogP contribution in [0.2, 0.25) is 0 Å². The van der Waals surface area contributed by atoms with Crippen LogP contribution in [0.5, 0.6) is 0 Å². The molecule has 0 aromatic heterocycles. The summed E-state index contributed by atoms with van der Waals surface area (Å²) in [7, 11) is 0. The summed E-state index contributed by atoms with van der Waals surface area (Å²) in [5, 5.41) is 22.4. The van der Waals surface area contributed by atoms with Crippen LogP contribution >= 0.6 is 0 Å². The maximum absolute atomic E-state index is 12.5. The van der Waals surface area contributed by atoms with Crippen LogP contribution in [0, 0.1) is 0 Å². The molecule has 0 aliphatic carbocycles. The first kappa shape index (κ1) is 44.8. The highest BCUT2D eigenvalue weighted by Crippen LogP contribution is 2.15. The molecule has 48 heavy (non-hydrogen) atoms. The highest BCUT2D eigenvalue weighted by atomic mass is 16.5. The molecule has 0 bridgehead atoms. The highest BCUT2D eigenvalue weighted by Gasteiger charge is 2.18. The number of unbranched alkanes of at least 4 members (excludes halogenated alkanes) is 12. The van der Waals surface area contributed by atoms with E-state index in [0.29, 0.717) is 12.8 Å². The number of carbonyl (C=O) groups excluding carboxylic acids is 3. The summed E-state index contributed by atoms with van der Waals surface area (Å²) in [5.41, 5.74) is 0. The van der Waals surface area contributed by atoms with Crippen LogP contribution in [0.25, 0.3) is 0 Å². The minimum atomic E-state index is -1.39. The van der Waals surface area contributed by atoms with E-state index in [1.54, 1.807) is 0 Å². The van der Waals surface area contributed by atoms with Crippen LogP contribution in [0.1, 0.15) is 149 Å². The van der Waals surface area contributed by atoms with Crippen LogP contribution in [0.3, 0.4) is 0 Å². The number of carbonyl (C=O) groups is 4. The summed E-state index contributed by atoms with van der Waals surface area (Å²) in [5.74, 6) is -2.43. The van der Waals surface area contributed by atoms with E-state index >= 15 is 0 Å². The third kappa shape index (κ3) is 30.2. The van der Waals surface area contributed by atoms with Gasteiger partial charge in [0.2, 0.25) is 11.8 Å². The van der Waals surface area contributed by atoms with Crippen LogP contribution in [-0.4, -0.2) is 59.3 Å². The van der Waals surface area contributed by atoms with Crippen molar-refractivity contribution in [1.29, 1.82) is 0 Å². The molecule has 0 aliphatic rings. The number of ether oxygens (including phenoxy) is 1. The molecule has 0 aromatic rings. The number of amides is 2. The lowest BCUT2D eigenvalue weighted by atomic mass is 10.1. The van der Waals surface area contributed by atoms with E-state index in [0.717, 1.165) is 89.9 Å². The number of esters is 1. The summed E-state index contributed by atoms with van der Waals surface area (Å²) >= 11 is 0. The number of aliphatic carboxylic acids is 1. The van der Waals surface area contributed by atoms with Gasteiger partial charge in [-0.05, 0) is 70.3 Å². The van der Waals surface area contributed by atoms with Crippen molar-refractivity contribution in [2.24, 2.45) is 0 Å². The van der Waals surface area contributed by atoms with E-state index in [1.165, 1.54) is 25.7 Å². The monoisotopic (exact) mass is 674 g/mol. The van der Waals surface area contributed by atoms with Crippen LogP contribution in [-0.2, 0) is 23.9 Å². The van der Waals surface area contributed by atoms with Gasteiger partial charge in [0.15, 0.2) is 0 Å². The van der Waals surface area contributed by atoms with Crippen LogP contribution in [0.4, 0.5) is 0 Å². The van der Waals surface area contributed by atoms with Crippen molar-refractivity contribution in [3.8, 4) is 0 Å². The first-order valence-corrected chi connectivity index (χ1v) is 18.5. The molecule has 9 heteroatoms. The number of hydrogen-bond acceptors (Lipinski definition) is 6. The number of aliphatic hydroxyl groups is 1. The van der Waals surface area contributed by atoms with Crippen molar-refractivity contribution >= 4 is 23.8 Å². The Morgan fingerprint density at radius 2 is 1.25 bits per heavy atom. The van der Waals surface area contributed by atoms with Gasteiger partial charge in [-0.15, -0.1) is 0 Å². The Labute approximate surface area is 290 Å². The van der Waals surface area contributed by atoms with Gasteiger partial charge >= 0.3 is 11.9 Å². The molecule has 0 radical (unpaired) electrons. The van der Waals surface area contributed by atoms with E-state index in [4.69, 9.17) is 14.9 Å². The third-order valence-corrected chi connectivity index (χ3v) is 7.79. The smallest absolute Gasteiger partial charge is 0.328 e. The number of rotatable bonds is 32. The Morgan fingerprint density at radius 1 is 0.667 bits per heavy atom. The molecule has 0 saturated heterocycles. The standard InChI is InChI=1S/C39H66N2O7/c1-3-5-7-9-10-11-12-13-14-15-16-17-18-19-20-21-27-31-38(45)48-34(28-24-8-6-4-2)29-25-22-23-26-30-36(43)40-32-37(44)41-35(33-42)39(46)47/h5,7,10-11,13-14,24,28,34-35,42H,3-4,6,8-9,12,15-23,25-27,29-33H2,1-2H3,(H,40,43)(H,41,44)(H,46,47)/b7-5-,11-10-,14-13-,28-24-. The number of nitrogens with one attached hydrogen (secondary N) is 2. The van der Waals surface area contributed by atoms with Gasteiger partial charge < -0.3 is 25.6 Å². The van der Waals surface area contributed by atoms with Gasteiger partial charge in [0, 0.05) is 12.8 Å². The summed E-state index contributed by atoms with van der Waals surface area (Å²) in [6.07, 6.45) is 37.5. The maximum Gasteiger partial charge on any atom is 0.328 e. The molecule has 0 saturated carbocycles. The fourth-order valence-corrected chi connectivity index (χ4v) is 4.92. The second-order valence-corrected chi connectivity index (χ2v) is 12.3. The van der Waals surface area contributed by atoms with Gasteiger partial charge in [0.1, 0.15) is 12.1 Å². The minimum absolute atomic E-state index is 0.131. The normalized spacial score (nSPS) is 13.1. The first-order valence-electron chi connectivity index (χ1n) is 18.5. The largest absolute Gasteiger partial charge is 0.480 e. The average Bonchev–Trinajstić information content (AvgIpc) is 3.07. The fraction of sp³-hybridized carbons (Fsp3) is 0.692. The zero-order chi connectivity index (χ0) is 35.5. The summed E-state index contributed by atoms with van der Waals surface area (Å²) in [6.45, 7) is 3.24. The summed E-state index contributed by atoms with van der Waals surface area (Å²) < 4.78 is 5.82. The second kappa shape index (κ2) is 33.7.